The number of nitrogens with one attached hydrogen (secondary N) is 1. The molecule has 10 heteroatoms. The highest BCUT2D eigenvalue weighted by atomic mass is 19.4. The quantitative estimate of drug-likeness (QED) is 0.374. The Morgan fingerprint density at radius 2 is 1.71 bits per heavy atom. The van der Waals surface area contributed by atoms with Crippen LogP contribution in [-0.2, 0) is 6.18 Å². The van der Waals surface area contributed by atoms with Crippen LogP contribution in [0, 0.1) is 5.82 Å². The molecule has 4 rings (SSSR count). The van der Waals surface area contributed by atoms with Crippen molar-refractivity contribution in [3.63, 3.8) is 0 Å². The van der Waals surface area contributed by atoms with Crippen LogP contribution in [0.4, 0.5) is 28.0 Å². The number of benzene rings is 3. The largest absolute Gasteiger partial charge is 0.416 e. The molecule has 1 heterocycles. The molecule has 0 aliphatic rings. The number of nitrogens with zero attached hydrogens (tertiary/aromatic N) is 3. The Balaban J connectivity index is 1.73. The van der Waals surface area contributed by atoms with E-state index in [4.69, 9.17) is 0 Å². The van der Waals surface area contributed by atoms with Gasteiger partial charge in [0.2, 0.25) is 0 Å². The van der Waals surface area contributed by atoms with Crippen LogP contribution in [0.1, 0.15) is 24.4 Å². The van der Waals surface area contributed by atoms with Crippen molar-refractivity contribution in [1.82, 2.24) is 14.5 Å². The van der Waals surface area contributed by atoms with Crippen LogP contribution in [0.25, 0.3) is 16.6 Å². The number of amides is 2. The highest BCUT2D eigenvalue weighted by Crippen LogP contribution is 2.31. The van der Waals surface area contributed by atoms with Crippen molar-refractivity contribution in [2.24, 2.45) is 0 Å². The number of aromatic nitrogens is 2. The lowest BCUT2D eigenvalue weighted by molar-refractivity contribution is -0.137. The predicted octanol–water partition coefficient (Wildman–Crippen LogP) is 5.77. The zero-order valence-electron chi connectivity index (χ0n) is 18.7. The van der Waals surface area contributed by atoms with Crippen LogP contribution in [0.3, 0.4) is 0 Å². The minimum atomic E-state index is -4.56. The summed E-state index contributed by atoms with van der Waals surface area (Å²) >= 11 is 0. The van der Waals surface area contributed by atoms with Gasteiger partial charge >= 0.3 is 12.2 Å². The Morgan fingerprint density at radius 1 is 1.03 bits per heavy atom. The van der Waals surface area contributed by atoms with Gasteiger partial charge in [-0.15, -0.1) is 0 Å². The molecule has 0 radical (unpaired) electrons. The van der Waals surface area contributed by atoms with Gasteiger partial charge < -0.3 is 10.2 Å². The Kier molecular flexibility index (Phi) is 6.29. The molecule has 6 nitrogen and oxygen atoms in total. The fraction of sp³-hybridized carbons (Fsp3) is 0.160. The number of rotatable bonds is 4. The van der Waals surface area contributed by atoms with Gasteiger partial charge in [0.05, 0.1) is 28.2 Å². The zero-order valence-corrected chi connectivity index (χ0v) is 18.7. The minimum Gasteiger partial charge on any atom is -0.318 e. The second kappa shape index (κ2) is 9.21. The molecule has 0 aliphatic carbocycles. The Bertz CT molecular complexity index is 1450. The standard InChI is InChI=1S/C25H20F4N4O2/c1-15(32(2)24(35)30-18-7-5-6-16(14-18)25(27,28)29)22-31-21-9-4-3-8-20(21)23(34)33(22)19-12-10-17(26)11-13-19/h3-15H,1-2H3,(H,30,35). The van der Waals surface area contributed by atoms with E-state index in [0.717, 1.165) is 12.1 Å². The van der Waals surface area contributed by atoms with Gasteiger partial charge in [0, 0.05) is 12.7 Å². The van der Waals surface area contributed by atoms with Crippen molar-refractivity contribution >= 4 is 22.6 Å². The lowest BCUT2D eigenvalue weighted by Gasteiger charge is -2.27. The van der Waals surface area contributed by atoms with Gasteiger partial charge in [-0.25, -0.2) is 14.2 Å². The van der Waals surface area contributed by atoms with Gasteiger partial charge in [0.25, 0.3) is 5.56 Å². The molecule has 1 atom stereocenters. The van der Waals surface area contributed by atoms with Crippen LogP contribution in [0.5, 0.6) is 0 Å². The third kappa shape index (κ3) is 4.86. The first-order chi connectivity index (χ1) is 16.6. The first-order valence-corrected chi connectivity index (χ1v) is 10.5. The maximum atomic E-state index is 13.5. The van der Waals surface area contributed by atoms with Crippen molar-refractivity contribution in [3.8, 4) is 5.69 Å². The van der Waals surface area contributed by atoms with E-state index in [2.05, 4.69) is 10.3 Å². The summed E-state index contributed by atoms with van der Waals surface area (Å²) in [4.78, 5) is 32.1. The Hall–Kier alpha value is -4.21. The summed E-state index contributed by atoms with van der Waals surface area (Å²) in [5.74, 6) is -0.287. The number of fused-ring (bicyclic) bond motifs is 1. The van der Waals surface area contributed by atoms with Crippen molar-refractivity contribution in [3.05, 3.63) is 100 Å². The maximum absolute atomic E-state index is 13.5. The SMILES string of the molecule is CC(c1nc2ccccc2c(=O)n1-c1ccc(F)cc1)N(C)C(=O)Nc1cccc(C(F)(F)F)c1. The van der Waals surface area contributed by atoms with Gasteiger partial charge in [-0.2, -0.15) is 13.2 Å². The molecule has 0 bridgehead atoms. The number of hydrogen-bond acceptors (Lipinski definition) is 3. The van der Waals surface area contributed by atoms with E-state index in [1.807, 2.05) is 0 Å². The predicted molar refractivity (Wildman–Crippen MR) is 124 cm³/mol. The summed E-state index contributed by atoms with van der Waals surface area (Å²) < 4.78 is 53.9. The molecule has 2 amide bonds. The average molecular weight is 484 g/mol. The van der Waals surface area contributed by atoms with Crippen LogP contribution in [0.2, 0.25) is 0 Å². The molecule has 3 aromatic carbocycles. The van der Waals surface area contributed by atoms with E-state index < -0.39 is 35.2 Å². The van der Waals surface area contributed by atoms with Crippen LogP contribution in [0.15, 0.2) is 77.6 Å². The van der Waals surface area contributed by atoms with Gasteiger partial charge in [-0.05, 0) is 61.5 Å². The molecule has 1 unspecified atom stereocenters. The highest BCUT2D eigenvalue weighted by molar-refractivity contribution is 5.89. The molecular formula is C25H20F4N4O2. The van der Waals surface area contributed by atoms with Crippen LogP contribution < -0.4 is 10.9 Å². The molecule has 0 saturated carbocycles. The van der Waals surface area contributed by atoms with Crippen molar-refractivity contribution in [1.29, 1.82) is 0 Å². The first kappa shape index (κ1) is 23.9. The molecule has 0 saturated heterocycles. The Labute approximate surface area is 197 Å². The topological polar surface area (TPSA) is 67.2 Å². The molecule has 0 spiro atoms. The highest BCUT2D eigenvalue weighted by Gasteiger charge is 2.31. The molecule has 0 fully saturated rings. The molecule has 180 valence electrons. The van der Waals surface area contributed by atoms with Crippen molar-refractivity contribution in [2.45, 2.75) is 19.1 Å². The molecule has 4 aromatic rings. The number of alkyl halides is 3. The number of para-hydroxylation sites is 1. The molecular weight excluding hydrogens is 464 g/mol. The lowest BCUT2D eigenvalue weighted by atomic mass is 10.2. The summed E-state index contributed by atoms with van der Waals surface area (Å²) in [6, 6.07) is 14.7. The fourth-order valence-electron chi connectivity index (χ4n) is 3.60. The smallest absolute Gasteiger partial charge is 0.318 e. The number of anilines is 1. The van der Waals surface area contributed by atoms with E-state index in [1.165, 1.54) is 52.9 Å². The fourth-order valence-corrected chi connectivity index (χ4v) is 3.60. The summed E-state index contributed by atoms with van der Waals surface area (Å²) in [7, 11) is 1.43. The summed E-state index contributed by atoms with van der Waals surface area (Å²) in [5.41, 5.74) is -0.582. The first-order valence-electron chi connectivity index (χ1n) is 10.5. The molecule has 35 heavy (non-hydrogen) atoms. The Morgan fingerprint density at radius 3 is 2.40 bits per heavy atom. The average Bonchev–Trinajstić information content (AvgIpc) is 2.83. The van der Waals surface area contributed by atoms with E-state index >= 15 is 0 Å². The number of carbonyl (C=O) groups is 1. The second-order valence-corrected chi connectivity index (χ2v) is 7.90. The van der Waals surface area contributed by atoms with Gasteiger partial charge in [-0.3, -0.25) is 9.36 Å². The summed E-state index contributed by atoms with van der Waals surface area (Å²) in [6.07, 6.45) is -4.56. The molecule has 0 aliphatic heterocycles. The van der Waals surface area contributed by atoms with E-state index in [-0.39, 0.29) is 11.5 Å². The van der Waals surface area contributed by atoms with Gasteiger partial charge in [0.1, 0.15) is 11.6 Å². The molecule has 1 aromatic heterocycles. The van der Waals surface area contributed by atoms with Crippen LogP contribution in [-0.4, -0.2) is 27.5 Å². The third-order valence-corrected chi connectivity index (χ3v) is 5.60. The summed E-state index contributed by atoms with van der Waals surface area (Å²) in [6.45, 7) is 1.63. The second-order valence-electron chi connectivity index (χ2n) is 7.90. The van der Waals surface area contributed by atoms with E-state index in [9.17, 15) is 27.2 Å². The minimum absolute atomic E-state index is 0.0359. The summed E-state index contributed by atoms with van der Waals surface area (Å²) in [5, 5.41) is 2.78. The number of halogens is 4. The zero-order chi connectivity index (χ0) is 25.3. The monoisotopic (exact) mass is 484 g/mol. The molecule has 1 N–H and O–H groups in total. The van der Waals surface area contributed by atoms with Gasteiger partial charge in [0.15, 0.2) is 0 Å². The van der Waals surface area contributed by atoms with Crippen molar-refractivity contribution < 1.29 is 22.4 Å². The number of carbonyl (C=O) groups excluding carboxylic acids is 1. The van der Waals surface area contributed by atoms with Crippen LogP contribution >= 0.6 is 0 Å². The number of urea groups is 1. The third-order valence-electron chi connectivity index (χ3n) is 5.60. The maximum Gasteiger partial charge on any atom is 0.416 e. The number of hydrogen-bond donors (Lipinski definition) is 1. The van der Waals surface area contributed by atoms with Crippen molar-refractivity contribution in [2.75, 3.05) is 12.4 Å². The van der Waals surface area contributed by atoms with Gasteiger partial charge in [-0.1, -0.05) is 18.2 Å². The van der Waals surface area contributed by atoms with E-state index in [0.29, 0.717) is 16.6 Å². The van der Waals surface area contributed by atoms with E-state index in [1.54, 1.807) is 31.2 Å². The normalized spacial score (nSPS) is 12.4. The lowest BCUT2D eigenvalue weighted by Crippen LogP contribution is -2.37.